The molecule has 0 bridgehead atoms. The molecule has 3 nitrogen and oxygen atoms in total. The molecule has 0 heterocycles. The SMILES string of the molecule is CC(CC(=O)N[C@@H]1CCCC[C@H]1N)C(C)(C)C. The lowest BCUT2D eigenvalue weighted by Gasteiger charge is -2.31. The van der Waals surface area contributed by atoms with E-state index in [1.165, 1.54) is 12.8 Å². The number of hydrogen-bond acceptors (Lipinski definition) is 2. The monoisotopic (exact) mass is 240 g/mol. The summed E-state index contributed by atoms with van der Waals surface area (Å²) in [6.07, 6.45) is 5.07. The minimum Gasteiger partial charge on any atom is -0.352 e. The molecule has 1 saturated carbocycles. The molecule has 0 aromatic carbocycles. The minimum atomic E-state index is 0.151. The summed E-state index contributed by atoms with van der Waals surface area (Å²) in [5.74, 6) is 0.553. The van der Waals surface area contributed by atoms with Crippen LogP contribution in [0.2, 0.25) is 0 Å². The fourth-order valence-corrected chi connectivity index (χ4v) is 2.19. The lowest BCUT2D eigenvalue weighted by atomic mass is 9.80. The molecule has 3 heteroatoms. The largest absolute Gasteiger partial charge is 0.352 e. The summed E-state index contributed by atoms with van der Waals surface area (Å²) in [6, 6.07) is 0.348. The maximum Gasteiger partial charge on any atom is 0.220 e. The van der Waals surface area contributed by atoms with Crippen LogP contribution in [0, 0.1) is 11.3 Å². The van der Waals surface area contributed by atoms with Gasteiger partial charge in [0, 0.05) is 18.5 Å². The van der Waals surface area contributed by atoms with Gasteiger partial charge in [-0.1, -0.05) is 40.5 Å². The lowest BCUT2D eigenvalue weighted by Crippen LogP contribution is -2.49. The molecule has 1 unspecified atom stereocenters. The Morgan fingerprint density at radius 2 is 1.94 bits per heavy atom. The van der Waals surface area contributed by atoms with Gasteiger partial charge in [0.15, 0.2) is 0 Å². The van der Waals surface area contributed by atoms with Crippen LogP contribution >= 0.6 is 0 Å². The second kappa shape index (κ2) is 5.85. The third-order valence-corrected chi connectivity index (χ3v) is 4.14. The summed E-state index contributed by atoms with van der Waals surface area (Å²) in [6.45, 7) is 8.67. The minimum absolute atomic E-state index is 0.151. The van der Waals surface area contributed by atoms with E-state index in [4.69, 9.17) is 5.73 Å². The zero-order valence-electron chi connectivity index (χ0n) is 11.8. The molecule has 1 aliphatic rings. The van der Waals surface area contributed by atoms with Gasteiger partial charge in [0.05, 0.1) is 0 Å². The Hall–Kier alpha value is -0.570. The first-order valence-corrected chi connectivity index (χ1v) is 6.85. The second-order valence-electron chi connectivity index (χ2n) is 6.59. The number of nitrogens with two attached hydrogens (primary N) is 1. The van der Waals surface area contributed by atoms with E-state index >= 15 is 0 Å². The Morgan fingerprint density at radius 1 is 1.35 bits per heavy atom. The van der Waals surface area contributed by atoms with Crippen LogP contribution in [0.25, 0.3) is 0 Å². The highest BCUT2D eigenvalue weighted by Gasteiger charge is 2.26. The van der Waals surface area contributed by atoms with E-state index in [1.807, 2.05) is 0 Å². The van der Waals surface area contributed by atoms with Gasteiger partial charge < -0.3 is 11.1 Å². The van der Waals surface area contributed by atoms with Crippen LogP contribution < -0.4 is 11.1 Å². The first-order chi connectivity index (χ1) is 7.80. The number of rotatable bonds is 3. The summed E-state index contributed by atoms with van der Waals surface area (Å²) >= 11 is 0. The Kier molecular flexibility index (Phi) is 4.99. The van der Waals surface area contributed by atoms with Crippen LogP contribution in [0.3, 0.4) is 0 Å². The highest BCUT2D eigenvalue weighted by molar-refractivity contribution is 5.76. The van der Waals surface area contributed by atoms with Gasteiger partial charge in [0.25, 0.3) is 0 Å². The molecule has 100 valence electrons. The number of hydrogen-bond donors (Lipinski definition) is 2. The molecule has 0 aromatic heterocycles. The third-order valence-electron chi connectivity index (χ3n) is 4.14. The molecule has 1 aliphatic carbocycles. The van der Waals surface area contributed by atoms with Gasteiger partial charge in [-0.05, 0) is 24.2 Å². The topological polar surface area (TPSA) is 55.1 Å². The highest BCUT2D eigenvalue weighted by atomic mass is 16.1. The van der Waals surface area contributed by atoms with Crippen LogP contribution in [0.1, 0.15) is 59.8 Å². The molecular weight excluding hydrogens is 212 g/mol. The van der Waals surface area contributed by atoms with Crippen LogP contribution in [0.5, 0.6) is 0 Å². The molecule has 3 atom stereocenters. The van der Waals surface area contributed by atoms with Crippen molar-refractivity contribution < 1.29 is 4.79 Å². The standard InChI is InChI=1S/C14H28N2O/c1-10(14(2,3)4)9-13(17)16-12-8-6-5-7-11(12)15/h10-12H,5-9,15H2,1-4H3,(H,16,17)/t10?,11-,12-/m1/s1. The average molecular weight is 240 g/mol. The summed E-state index contributed by atoms with van der Waals surface area (Å²) in [4.78, 5) is 11.9. The molecule has 1 fully saturated rings. The van der Waals surface area contributed by atoms with Crippen LogP contribution in [0.15, 0.2) is 0 Å². The number of carbonyl (C=O) groups excluding carboxylic acids is 1. The van der Waals surface area contributed by atoms with E-state index < -0.39 is 0 Å². The van der Waals surface area contributed by atoms with Crippen LogP contribution in [0.4, 0.5) is 0 Å². The van der Waals surface area contributed by atoms with Crippen molar-refractivity contribution in [3.8, 4) is 0 Å². The molecule has 17 heavy (non-hydrogen) atoms. The van der Waals surface area contributed by atoms with Crippen molar-refractivity contribution in [3.05, 3.63) is 0 Å². The maximum atomic E-state index is 11.9. The molecule has 1 amide bonds. The molecular formula is C14H28N2O. The maximum absolute atomic E-state index is 11.9. The Balaban J connectivity index is 2.38. The van der Waals surface area contributed by atoms with Crippen molar-refractivity contribution in [2.24, 2.45) is 17.1 Å². The molecule has 0 aromatic rings. The number of amides is 1. The van der Waals surface area contributed by atoms with Gasteiger partial charge in [-0.25, -0.2) is 0 Å². The zero-order valence-corrected chi connectivity index (χ0v) is 11.8. The number of carbonyl (C=O) groups is 1. The van der Waals surface area contributed by atoms with Crippen LogP contribution in [-0.2, 0) is 4.79 Å². The van der Waals surface area contributed by atoms with Gasteiger partial charge in [0.1, 0.15) is 0 Å². The predicted molar refractivity (Wildman–Crippen MR) is 71.6 cm³/mol. The number of nitrogens with one attached hydrogen (secondary N) is 1. The van der Waals surface area contributed by atoms with Crippen molar-refractivity contribution in [2.75, 3.05) is 0 Å². The third kappa shape index (κ3) is 4.66. The first kappa shape index (κ1) is 14.5. The van der Waals surface area contributed by atoms with Gasteiger partial charge in [0.2, 0.25) is 5.91 Å². The van der Waals surface area contributed by atoms with E-state index in [2.05, 4.69) is 33.0 Å². The summed E-state index contributed by atoms with van der Waals surface area (Å²) in [7, 11) is 0. The quantitative estimate of drug-likeness (QED) is 0.796. The Morgan fingerprint density at radius 3 is 2.47 bits per heavy atom. The summed E-state index contributed by atoms with van der Waals surface area (Å²) in [5, 5.41) is 3.11. The van der Waals surface area contributed by atoms with Gasteiger partial charge >= 0.3 is 0 Å². The Bertz CT molecular complexity index is 257. The lowest BCUT2D eigenvalue weighted by molar-refractivity contribution is -0.123. The normalized spacial score (nSPS) is 27.6. The molecule has 3 N–H and O–H groups in total. The Labute approximate surface area is 106 Å². The van der Waals surface area contributed by atoms with Crippen molar-refractivity contribution >= 4 is 5.91 Å². The van der Waals surface area contributed by atoms with Crippen molar-refractivity contribution in [2.45, 2.75) is 71.9 Å². The highest BCUT2D eigenvalue weighted by Crippen LogP contribution is 2.28. The van der Waals surface area contributed by atoms with E-state index in [9.17, 15) is 4.79 Å². The van der Waals surface area contributed by atoms with E-state index in [1.54, 1.807) is 0 Å². The molecule has 0 aliphatic heterocycles. The molecule has 0 radical (unpaired) electrons. The van der Waals surface area contributed by atoms with Crippen molar-refractivity contribution in [3.63, 3.8) is 0 Å². The fourth-order valence-electron chi connectivity index (χ4n) is 2.19. The molecule has 0 spiro atoms. The van der Waals surface area contributed by atoms with E-state index in [0.29, 0.717) is 12.3 Å². The van der Waals surface area contributed by atoms with Gasteiger partial charge in [-0.2, -0.15) is 0 Å². The van der Waals surface area contributed by atoms with Gasteiger partial charge in [-0.3, -0.25) is 4.79 Å². The smallest absolute Gasteiger partial charge is 0.220 e. The predicted octanol–water partition coefficient (Wildman–Crippen LogP) is 2.44. The van der Waals surface area contributed by atoms with E-state index in [-0.39, 0.29) is 23.4 Å². The average Bonchev–Trinajstić information content (AvgIpc) is 2.20. The van der Waals surface area contributed by atoms with Crippen molar-refractivity contribution in [1.82, 2.24) is 5.32 Å². The van der Waals surface area contributed by atoms with E-state index in [0.717, 1.165) is 12.8 Å². The molecule has 1 rings (SSSR count). The van der Waals surface area contributed by atoms with Crippen molar-refractivity contribution in [1.29, 1.82) is 0 Å². The summed E-state index contributed by atoms with van der Waals surface area (Å²) < 4.78 is 0. The zero-order chi connectivity index (χ0) is 13.1. The van der Waals surface area contributed by atoms with Crippen LogP contribution in [-0.4, -0.2) is 18.0 Å². The molecule has 0 saturated heterocycles. The first-order valence-electron chi connectivity index (χ1n) is 6.85. The summed E-state index contributed by atoms with van der Waals surface area (Å²) in [5.41, 5.74) is 6.22. The second-order valence-corrected chi connectivity index (χ2v) is 6.59. The van der Waals surface area contributed by atoms with Gasteiger partial charge in [-0.15, -0.1) is 0 Å². The fraction of sp³-hybridized carbons (Fsp3) is 0.929.